The van der Waals surface area contributed by atoms with Crippen LogP contribution in [0.15, 0.2) is 6.20 Å². The summed E-state index contributed by atoms with van der Waals surface area (Å²) in [5.41, 5.74) is 7.66. The summed E-state index contributed by atoms with van der Waals surface area (Å²) in [5, 5.41) is 5.15. The fourth-order valence-electron chi connectivity index (χ4n) is 5.15. The summed E-state index contributed by atoms with van der Waals surface area (Å²) in [6.07, 6.45) is 7.19. The smallest absolute Gasteiger partial charge is 0.0834 e. The van der Waals surface area contributed by atoms with E-state index in [9.17, 15) is 0 Å². The van der Waals surface area contributed by atoms with Crippen LogP contribution in [-0.2, 0) is 6.54 Å². The van der Waals surface area contributed by atoms with Crippen molar-refractivity contribution < 1.29 is 0 Å². The van der Waals surface area contributed by atoms with Crippen LogP contribution in [0.3, 0.4) is 0 Å². The molecule has 0 saturated heterocycles. The van der Waals surface area contributed by atoms with Crippen LogP contribution in [0.5, 0.6) is 0 Å². The summed E-state index contributed by atoms with van der Waals surface area (Å²) >= 11 is 6.33. The average molecular weight is 280 g/mol. The van der Waals surface area contributed by atoms with E-state index in [1.54, 1.807) is 6.20 Å². The quantitative estimate of drug-likeness (QED) is 0.919. The third-order valence-corrected chi connectivity index (χ3v) is 6.09. The van der Waals surface area contributed by atoms with Crippen molar-refractivity contribution in [3.63, 3.8) is 0 Å². The Morgan fingerprint density at radius 2 is 2.11 bits per heavy atom. The number of halogens is 1. The zero-order chi connectivity index (χ0) is 13.1. The van der Waals surface area contributed by atoms with E-state index in [2.05, 4.69) is 12.0 Å². The lowest BCUT2D eigenvalue weighted by Gasteiger charge is -2.18. The standard InChI is InChI=1S/C15H22ClN3/c1-2-5-19-15(10(16)7-18-19)14(17)13-11-8-3-4-9(6-8)12(11)13/h7-9,11-14H,2-6,17H2,1H3. The molecule has 2 bridgehead atoms. The van der Waals surface area contributed by atoms with Crippen molar-refractivity contribution in [3.05, 3.63) is 16.9 Å². The van der Waals surface area contributed by atoms with Crippen molar-refractivity contribution in [3.8, 4) is 0 Å². The SMILES string of the molecule is CCCn1ncc(Cl)c1C(N)C1C2C3CCC(C3)C21. The van der Waals surface area contributed by atoms with Crippen molar-refractivity contribution in [2.24, 2.45) is 35.3 Å². The van der Waals surface area contributed by atoms with Crippen molar-refractivity contribution in [1.82, 2.24) is 9.78 Å². The van der Waals surface area contributed by atoms with Gasteiger partial charge in [-0.25, -0.2) is 0 Å². The first kappa shape index (κ1) is 12.2. The van der Waals surface area contributed by atoms with Gasteiger partial charge in [0.2, 0.25) is 0 Å². The van der Waals surface area contributed by atoms with Crippen LogP contribution < -0.4 is 5.73 Å². The van der Waals surface area contributed by atoms with Crippen molar-refractivity contribution in [2.75, 3.05) is 0 Å². The highest BCUT2D eigenvalue weighted by atomic mass is 35.5. The van der Waals surface area contributed by atoms with Crippen LogP contribution in [0.4, 0.5) is 0 Å². The van der Waals surface area contributed by atoms with Gasteiger partial charge in [-0.3, -0.25) is 4.68 Å². The molecular weight excluding hydrogens is 258 g/mol. The number of aryl methyl sites for hydroxylation is 1. The van der Waals surface area contributed by atoms with Crippen LogP contribution in [0.2, 0.25) is 5.02 Å². The summed E-state index contributed by atoms with van der Waals surface area (Å²) in [6, 6.07) is 0.0972. The molecule has 1 aromatic heterocycles. The molecule has 3 fully saturated rings. The fourth-order valence-corrected chi connectivity index (χ4v) is 5.42. The van der Waals surface area contributed by atoms with Crippen molar-refractivity contribution >= 4 is 11.6 Å². The predicted octanol–water partition coefficient (Wildman–Crippen LogP) is 3.24. The molecule has 3 saturated carbocycles. The molecular formula is C15H22ClN3. The minimum absolute atomic E-state index is 0.0972. The number of hydrogen-bond acceptors (Lipinski definition) is 2. The fraction of sp³-hybridized carbons (Fsp3) is 0.800. The third-order valence-electron chi connectivity index (χ3n) is 5.79. The molecule has 3 aliphatic rings. The molecule has 1 heterocycles. The molecule has 5 unspecified atom stereocenters. The van der Waals surface area contributed by atoms with Crippen LogP contribution in [0, 0.1) is 29.6 Å². The van der Waals surface area contributed by atoms with Crippen LogP contribution >= 0.6 is 11.6 Å². The molecule has 0 amide bonds. The molecule has 0 spiro atoms. The zero-order valence-corrected chi connectivity index (χ0v) is 12.2. The Bertz CT molecular complexity index is 482. The number of aromatic nitrogens is 2. The van der Waals surface area contributed by atoms with Gasteiger partial charge in [-0.05, 0) is 55.3 Å². The van der Waals surface area contributed by atoms with Gasteiger partial charge in [0.1, 0.15) is 0 Å². The van der Waals surface area contributed by atoms with E-state index in [4.69, 9.17) is 17.3 Å². The molecule has 0 aliphatic heterocycles. The molecule has 19 heavy (non-hydrogen) atoms. The largest absolute Gasteiger partial charge is 0.322 e. The van der Waals surface area contributed by atoms with Gasteiger partial charge in [-0.2, -0.15) is 5.10 Å². The monoisotopic (exact) mass is 279 g/mol. The average Bonchev–Trinajstić information content (AvgIpc) is 2.71. The lowest BCUT2D eigenvalue weighted by Crippen LogP contribution is -2.22. The van der Waals surface area contributed by atoms with E-state index in [0.717, 1.165) is 47.4 Å². The van der Waals surface area contributed by atoms with Gasteiger partial charge >= 0.3 is 0 Å². The summed E-state index contributed by atoms with van der Waals surface area (Å²) in [6.45, 7) is 3.08. The van der Waals surface area contributed by atoms with Gasteiger partial charge < -0.3 is 5.73 Å². The Morgan fingerprint density at radius 3 is 2.74 bits per heavy atom. The number of fused-ring (bicyclic) bond motifs is 5. The van der Waals surface area contributed by atoms with E-state index in [0.29, 0.717) is 5.92 Å². The molecule has 3 aliphatic carbocycles. The predicted molar refractivity (Wildman–Crippen MR) is 75.8 cm³/mol. The third kappa shape index (κ3) is 1.64. The van der Waals surface area contributed by atoms with E-state index in [1.807, 2.05) is 4.68 Å². The van der Waals surface area contributed by atoms with Crippen molar-refractivity contribution in [2.45, 2.75) is 45.2 Å². The van der Waals surface area contributed by atoms with E-state index in [-0.39, 0.29) is 6.04 Å². The van der Waals surface area contributed by atoms with Gasteiger partial charge in [0.05, 0.1) is 23.0 Å². The number of rotatable bonds is 4. The molecule has 0 aromatic carbocycles. The normalized spacial score (nSPS) is 40.5. The second-order valence-electron chi connectivity index (χ2n) is 6.69. The van der Waals surface area contributed by atoms with Crippen molar-refractivity contribution in [1.29, 1.82) is 0 Å². The van der Waals surface area contributed by atoms with Gasteiger partial charge in [0.25, 0.3) is 0 Å². The molecule has 3 nitrogen and oxygen atoms in total. The van der Waals surface area contributed by atoms with E-state index < -0.39 is 0 Å². The maximum atomic E-state index is 6.57. The van der Waals surface area contributed by atoms with Gasteiger partial charge in [-0.1, -0.05) is 18.5 Å². The second-order valence-corrected chi connectivity index (χ2v) is 7.10. The first-order valence-electron chi connectivity index (χ1n) is 7.69. The maximum absolute atomic E-state index is 6.57. The Kier molecular flexibility index (Phi) is 2.72. The topological polar surface area (TPSA) is 43.8 Å². The van der Waals surface area contributed by atoms with Crippen LogP contribution in [-0.4, -0.2) is 9.78 Å². The summed E-state index contributed by atoms with van der Waals surface area (Å²) in [5.74, 6) is 4.40. The van der Waals surface area contributed by atoms with Crippen LogP contribution in [0.25, 0.3) is 0 Å². The summed E-state index contributed by atoms with van der Waals surface area (Å²) in [4.78, 5) is 0. The molecule has 104 valence electrons. The lowest BCUT2D eigenvalue weighted by molar-refractivity contribution is 0.400. The van der Waals surface area contributed by atoms with Gasteiger partial charge in [-0.15, -0.1) is 0 Å². The summed E-state index contributed by atoms with van der Waals surface area (Å²) < 4.78 is 2.03. The first-order valence-corrected chi connectivity index (χ1v) is 8.07. The number of nitrogens with two attached hydrogens (primary N) is 1. The van der Waals surface area contributed by atoms with E-state index >= 15 is 0 Å². The Hall–Kier alpha value is -0.540. The summed E-state index contributed by atoms with van der Waals surface area (Å²) in [7, 11) is 0. The number of hydrogen-bond donors (Lipinski definition) is 1. The molecule has 4 rings (SSSR count). The van der Waals surface area contributed by atoms with E-state index in [1.165, 1.54) is 19.3 Å². The van der Waals surface area contributed by atoms with Crippen LogP contribution in [0.1, 0.15) is 44.3 Å². The maximum Gasteiger partial charge on any atom is 0.0834 e. The molecule has 2 N–H and O–H groups in total. The highest BCUT2D eigenvalue weighted by Gasteiger charge is 2.66. The Labute approximate surface area is 119 Å². The molecule has 1 aromatic rings. The molecule has 5 atom stereocenters. The first-order chi connectivity index (χ1) is 9.22. The number of nitrogens with zero attached hydrogens (tertiary/aromatic N) is 2. The Morgan fingerprint density at radius 1 is 1.42 bits per heavy atom. The highest BCUT2D eigenvalue weighted by molar-refractivity contribution is 6.31. The van der Waals surface area contributed by atoms with Gasteiger partial charge in [0.15, 0.2) is 0 Å². The minimum Gasteiger partial charge on any atom is -0.322 e. The Balaban J connectivity index is 1.59. The van der Waals surface area contributed by atoms with Gasteiger partial charge in [0, 0.05) is 6.54 Å². The molecule has 0 radical (unpaired) electrons. The molecule has 4 heteroatoms. The lowest BCUT2D eigenvalue weighted by atomic mass is 9.96. The second kappa shape index (κ2) is 4.23. The zero-order valence-electron chi connectivity index (χ0n) is 11.4. The highest BCUT2D eigenvalue weighted by Crippen LogP contribution is 2.71. The minimum atomic E-state index is 0.0972.